The summed E-state index contributed by atoms with van der Waals surface area (Å²) in [6.45, 7) is 1.48. The molecule has 1 unspecified atom stereocenters. The van der Waals surface area contributed by atoms with Gasteiger partial charge in [-0.05, 0) is 31.4 Å². The predicted octanol–water partition coefficient (Wildman–Crippen LogP) is 1.05. The monoisotopic (exact) mass is 235 g/mol. The lowest BCUT2D eigenvalue weighted by Crippen LogP contribution is -2.38. The molecule has 1 aromatic carbocycles. The molecule has 3 nitrogen and oxygen atoms in total. The van der Waals surface area contributed by atoms with Gasteiger partial charge in [0.15, 0.2) is 0 Å². The van der Waals surface area contributed by atoms with Crippen LogP contribution in [0.2, 0.25) is 0 Å². The molecule has 2 N–H and O–H groups in total. The molecule has 1 aliphatic heterocycles. The van der Waals surface area contributed by atoms with Gasteiger partial charge in [0.25, 0.3) is 0 Å². The van der Waals surface area contributed by atoms with Crippen LogP contribution in [0.4, 0.5) is 0 Å². The van der Waals surface area contributed by atoms with Crippen LogP contribution in [-0.4, -0.2) is 47.0 Å². The van der Waals surface area contributed by atoms with Crippen LogP contribution >= 0.6 is 0 Å². The highest BCUT2D eigenvalue weighted by Crippen LogP contribution is 2.21. The molecular formula is C14H21NO2. The first-order chi connectivity index (χ1) is 8.29. The van der Waals surface area contributed by atoms with Gasteiger partial charge in [-0.25, -0.2) is 0 Å². The van der Waals surface area contributed by atoms with E-state index >= 15 is 0 Å². The number of rotatable bonds is 5. The van der Waals surface area contributed by atoms with Crippen LogP contribution in [-0.2, 0) is 6.42 Å². The molecule has 0 radical (unpaired) electrons. The number of aliphatic hydroxyl groups is 2. The van der Waals surface area contributed by atoms with E-state index in [4.69, 9.17) is 5.11 Å². The van der Waals surface area contributed by atoms with Crippen LogP contribution < -0.4 is 0 Å². The molecule has 0 saturated carbocycles. The quantitative estimate of drug-likeness (QED) is 0.801. The summed E-state index contributed by atoms with van der Waals surface area (Å²) >= 11 is 0. The fourth-order valence-corrected chi connectivity index (χ4v) is 2.58. The highest BCUT2D eigenvalue weighted by atomic mass is 16.3. The fraction of sp³-hybridized carbons (Fsp3) is 0.571. The van der Waals surface area contributed by atoms with Gasteiger partial charge in [0.1, 0.15) is 0 Å². The second kappa shape index (κ2) is 6.15. The molecule has 0 amide bonds. The zero-order chi connectivity index (χ0) is 12.1. The highest BCUT2D eigenvalue weighted by Gasteiger charge is 2.25. The summed E-state index contributed by atoms with van der Waals surface area (Å²) in [5.41, 5.74) is 1.35. The first-order valence-electron chi connectivity index (χ1n) is 6.36. The Morgan fingerprint density at radius 2 is 2.06 bits per heavy atom. The molecule has 0 bridgehead atoms. The SMILES string of the molecule is OC[C@H](O)CN1CCCC1Cc1ccccc1. The van der Waals surface area contributed by atoms with E-state index in [1.165, 1.54) is 18.4 Å². The van der Waals surface area contributed by atoms with Crippen molar-refractivity contribution >= 4 is 0 Å². The van der Waals surface area contributed by atoms with Crippen molar-refractivity contribution in [2.75, 3.05) is 19.7 Å². The number of hydrogen-bond donors (Lipinski definition) is 2. The maximum Gasteiger partial charge on any atom is 0.0897 e. The van der Waals surface area contributed by atoms with Crippen molar-refractivity contribution < 1.29 is 10.2 Å². The van der Waals surface area contributed by atoms with Crippen molar-refractivity contribution in [3.63, 3.8) is 0 Å². The minimum atomic E-state index is -0.605. The molecule has 1 saturated heterocycles. The van der Waals surface area contributed by atoms with Crippen LogP contribution in [0.3, 0.4) is 0 Å². The van der Waals surface area contributed by atoms with E-state index in [0.717, 1.165) is 13.0 Å². The zero-order valence-corrected chi connectivity index (χ0v) is 10.1. The molecule has 94 valence electrons. The average Bonchev–Trinajstić information content (AvgIpc) is 2.78. The van der Waals surface area contributed by atoms with E-state index in [1.54, 1.807) is 0 Å². The molecule has 0 aliphatic carbocycles. The molecule has 1 aromatic rings. The van der Waals surface area contributed by atoms with Gasteiger partial charge < -0.3 is 10.2 Å². The Balaban J connectivity index is 1.91. The lowest BCUT2D eigenvalue weighted by atomic mass is 10.0. The van der Waals surface area contributed by atoms with Gasteiger partial charge in [-0.15, -0.1) is 0 Å². The van der Waals surface area contributed by atoms with Gasteiger partial charge >= 0.3 is 0 Å². The third-order valence-electron chi connectivity index (χ3n) is 3.47. The summed E-state index contributed by atoms with van der Waals surface area (Å²) in [6, 6.07) is 11.0. The standard InChI is InChI=1S/C14H21NO2/c16-11-14(17)10-15-8-4-7-13(15)9-12-5-2-1-3-6-12/h1-3,5-6,13-14,16-17H,4,7-11H2/t13?,14-/m1/s1. The Bertz CT molecular complexity index is 328. The largest absolute Gasteiger partial charge is 0.394 e. The molecule has 1 fully saturated rings. The van der Waals surface area contributed by atoms with Crippen molar-refractivity contribution in [3.8, 4) is 0 Å². The Morgan fingerprint density at radius 1 is 1.29 bits per heavy atom. The van der Waals surface area contributed by atoms with Gasteiger partial charge in [-0.3, -0.25) is 4.90 Å². The predicted molar refractivity (Wildman–Crippen MR) is 67.8 cm³/mol. The summed E-state index contributed by atoms with van der Waals surface area (Å²) in [4.78, 5) is 2.30. The Hall–Kier alpha value is -0.900. The Morgan fingerprint density at radius 3 is 2.76 bits per heavy atom. The maximum absolute atomic E-state index is 9.51. The third kappa shape index (κ3) is 3.53. The Kier molecular flexibility index (Phi) is 4.54. The molecule has 0 aromatic heterocycles. The zero-order valence-electron chi connectivity index (χ0n) is 10.1. The minimum Gasteiger partial charge on any atom is -0.394 e. The van der Waals surface area contributed by atoms with E-state index in [9.17, 15) is 5.11 Å². The number of nitrogens with zero attached hydrogens (tertiary/aromatic N) is 1. The van der Waals surface area contributed by atoms with Gasteiger partial charge in [-0.1, -0.05) is 30.3 Å². The van der Waals surface area contributed by atoms with Gasteiger partial charge in [0.05, 0.1) is 12.7 Å². The first kappa shape index (κ1) is 12.6. The fourth-order valence-electron chi connectivity index (χ4n) is 2.58. The number of hydrogen-bond acceptors (Lipinski definition) is 3. The van der Waals surface area contributed by atoms with Crippen LogP contribution in [0.1, 0.15) is 18.4 Å². The van der Waals surface area contributed by atoms with E-state index < -0.39 is 6.10 Å². The van der Waals surface area contributed by atoms with Gasteiger partial charge in [0, 0.05) is 12.6 Å². The summed E-state index contributed by atoms with van der Waals surface area (Å²) in [5.74, 6) is 0. The number of β-amino-alcohol motifs (C(OH)–C–C–N with tert-alkyl or cyclic N) is 1. The first-order valence-corrected chi connectivity index (χ1v) is 6.36. The van der Waals surface area contributed by atoms with Gasteiger partial charge in [0.2, 0.25) is 0 Å². The lowest BCUT2D eigenvalue weighted by molar-refractivity contribution is 0.0553. The summed E-state index contributed by atoms with van der Waals surface area (Å²) < 4.78 is 0. The van der Waals surface area contributed by atoms with Crippen molar-refractivity contribution in [1.29, 1.82) is 0 Å². The Labute approximate surface area is 103 Å². The summed E-state index contributed by atoms with van der Waals surface area (Å²) in [7, 11) is 0. The average molecular weight is 235 g/mol. The van der Waals surface area contributed by atoms with Crippen molar-refractivity contribution in [1.82, 2.24) is 4.90 Å². The molecular weight excluding hydrogens is 214 g/mol. The van der Waals surface area contributed by atoms with Crippen molar-refractivity contribution in [2.45, 2.75) is 31.4 Å². The van der Waals surface area contributed by atoms with Crippen LogP contribution in [0.5, 0.6) is 0 Å². The number of benzene rings is 1. The molecule has 3 heteroatoms. The molecule has 17 heavy (non-hydrogen) atoms. The highest BCUT2D eigenvalue weighted by molar-refractivity contribution is 5.16. The van der Waals surface area contributed by atoms with E-state index in [2.05, 4.69) is 29.2 Å². The normalized spacial score (nSPS) is 22.8. The molecule has 0 spiro atoms. The molecule has 1 heterocycles. The molecule has 2 rings (SSSR count). The van der Waals surface area contributed by atoms with E-state index in [0.29, 0.717) is 12.6 Å². The number of aliphatic hydroxyl groups excluding tert-OH is 2. The minimum absolute atomic E-state index is 0.144. The summed E-state index contributed by atoms with van der Waals surface area (Å²) in [5, 5.41) is 18.4. The van der Waals surface area contributed by atoms with Crippen molar-refractivity contribution in [3.05, 3.63) is 35.9 Å². The lowest BCUT2D eigenvalue weighted by Gasteiger charge is -2.26. The second-order valence-corrected chi connectivity index (χ2v) is 4.82. The van der Waals surface area contributed by atoms with Crippen LogP contribution in [0.15, 0.2) is 30.3 Å². The smallest absolute Gasteiger partial charge is 0.0897 e. The van der Waals surface area contributed by atoms with Gasteiger partial charge in [-0.2, -0.15) is 0 Å². The van der Waals surface area contributed by atoms with E-state index in [-0.39, 0.29) is 6.61 Å². The second-order valence-electron chi connectivity index (χ2n) is 4.82. The summed E-state index contributed by atoms with van der Waals surface area (Å²) in [6.07, 6.45) is 2.81. The maximum atomic E-state index is 9.51. The van der Waals surface area contributed by atoms with Crippen LogP contribution in [0.25, 0.3) is 0 Å². The van der Waals surface area contributed by atoms with Crippen LogP contribution in [0, 0.1) is 0 Å². The molecule has 1 aliphatic rings. The topological polar surface area (TPSA) is 43.7 Å². The number of likely N-dealkylation sites (tertiary alicyclic amines) is 1. The van der Waals surface area contributed by atoms with Crippen molar-refractivity contribution in [2.24, 2.45) is 0 Å². The molecule has 2 atom stereocenters. The third-order valence-corrected chi connectivity index (χ3v) is 3.47. The van der Waals surface area contributed by atoms with E-state index in [1.807, 2.05) is 6.07 Å².